The van der Waals surface area contributed by atoms with Gasteiger partial charge in [-0.3, -0.25) is 4.90 Å². The topological polar surface area (TPSA) is 59.6 Å². The number of likely N-dealkylation sites (N-methyl/N-ethyl adjacent to an activating group) is 1. The van der Waals surface area contributed by atoms with Gasteiger partial charge in [0, 0.05) is 44.1 Å². The summed E-state index contributed by atoms with van der Waals surface area (Å²) >= 11 is 0. The van der Waals surface area contributed by atoms with E-state index in [0.29, 0.717) is 5.89 Å². The third kappa shape index (κ3) is 3.12. The van der Waals surface area contributed by atoms with E-state index in [4.69, 9.17) is 9.26 Å². The second-order valence-electron chi connectivity index (χ2n) is 6.61. The number of rotatable bonds is 4. The molecule has 1 aromatic carbocycles. The van der Waals surface area contributed by atoms with Gasteiger partial charge >= 0.3 is 0 Å². The van der Waals surface area contributed by atoms with Crippen LogP contribution in [0.3, 0.4) is 0 Å². The van der Waals surface area contributed by atoms with Gasteiger partial charge < -0.3 is 18.7 Å². The molecule has 0 radical (unpaired) electrons. The van der Waals surface area contributed by atoms with Crippen molar-refractivity contribution < 1.29 is 9.26 Å². The van der Waals surface area contributed by atoms with Crippen LogP contribution >= 0.6 is 0 Å². The van der Waals surface area contributed by atoms with Crippen LogP contribution in [0.4, 0.5) is 0 Å². The van der Waals surface area contributed by atoms with Gasteiger partial charge in [0.15, 0.2) is 5.82 Å². The summed E-state index contributed by atoms with van der Waals surface area (Å²) in [6.07, 6.45) is 0. The van der Waals surface area contributed by atoms with E-state index < -0.39 is 0 Å². The van der Waals surface area contributed by atoms with Crippen LogP contribution in [-0.2, 0) is 13.6 Å². The van der Waals surface area contributed by atoms with Crippen LogP contribution in [0, 0.1) is 0 Å². The van der Waals surface area contributed by atoms with E-state index in [1.807, 2.05) is 25.2 Å². The quantitative estimate of drug-likeness (QED) is 0.723. The molecule has 1 aliphatic rings. The molecule has 7 heteroatoms. The molecule has 1 aliphatic heterocycles. The lowest BCUT2D eigenvalue weighted by Gasteiger charge is -2.31. The third-order valence-electron chi connectivity index (χ3n) is 4.90. The fourth-order valence-electron chi connectivity index (χ4n) is 3.29. The lowest BCUT2D eigenvalue weighted by molar-refractivity contribution is 0.144. The molecule has 0 aliphatic carbocycles. The summed E-state index contributed by atoms with van der Waals surface area (Å²) < 4.78 is 12.9. The second kappa shape index (κ2) is 6.50. The van der Waals surface area contributed by atoms with Crippen molar-refractivity contribution in [1.82, 2.24) is 24.5 Å². The Kier molecular flexibility index (Phi) is 4.19. The zero-order valence-electron chi connectivity index (χ0n) is 14.9. The Bertz CT molecular complexity index is 877. The van der Waals surface area contributed by atoms with Crippen molar-refractivity contribution in [3.05, 3.63) is 30.1 Å². The van der Waals surface area contributed by atoms with Gasteiger partial charge in [-0.05, 0) is 31.3 Å². The van der Waals surface area contributed by atoms with Crippen molar-refractivity contribution in [3.8, 4) is 17.3 Å². The Morgan fingerprint density at radius 1 is 1.12 bits per heavy atom. The molecule has 1 fully saturated rings. The molecule has 2 aromatic heterocycles. The number of aryl methyl sites for hydroxylation is 1. The SMILES string of the molecule is COc1ccc2c(c1)cc(-c1nc(CN3CCN(C)CC3)no1)n2C. The van der Waals surface area contributed by atoms with Gasteiger partial charge in [0.2, 0.25) is 0 Å². The van der Waals surface area contributed by atoms with Crippen LogP contribution in [0.5, 0.6) is 5.75 Å². The molecule has 0 spiro atoms. The first kappa shape index (κ1) is 16.1. The molecule has 4 rings (SSSR count). The predicted octanol–water partition coefficient (Wildman–Crippen LogP) is 1.98. The first-order chi connectivity index (χ1) is 12.1. The normalized spacial score (nSPS) is 16.6. The zero-order chi connectivity index (χ0) is 17.4. The Labute approximate surface area is 146 Å². The number of nitrogens with zero attached hydrogens (tertiary/aromatic N) is 5. The molecule has 25 heavy (non-hydrogen) atoms. The minimum atomic E-state index is 0.557. The van der Waals surface area contributed by atoms with E-state index in [-0.39, 0.29) is 0 Å². The summed E-state index contributed by atoms with van der Waals surface area (Å²) in [6, 6.07) is 8.07. The number of hydrogen-bond donors (Lipinski definition) is 0. The molecule has 0 amide bonds. The molecule has 7 nitrogen and oxygen atoms in total. The zero-order valence-corrected chi connectivity index (χ0v) is 14.9. The van der Waals surface area contributed by atoms with Crippen molar-refractivity contribution in [1.29, 1.82) is 0 Å². The van der Waals surface area contributed by atoms with Gasteiger partial charge in [0.05, 0.1) is 13.7 Å². The van der Waals surface area contributed by atoms with Crippen LogP contribution in [0.2, 0.25) is 0 Å². The third-order valence-corrected chi connectivity index (χ3v) is 4.90. The van der Waals surface area contributed by atoms with Crippen LogP contribution in [-0.4, -0.2) is 64.8 Å². The smallest absolute Gasteiger partial charge is 0.274 e. The number of aromatic nitrogens is 3. The highest BCUT2D eigenvalue weighted by molar-refractivity contribution is 5.86. The molecule has 0 bridgehead atoms. The molecule has 3 aromatic rings. The van der Waals surface area contributed by atoms with E-state index in [1.165, 1.54) is 0 Å². The van der Waals surface area contributed by atoms with Crippen molar-refractivity contribution in [2.75, 3.05) is 40.3 Å². The summed E-state index contributed by atoms with van der Waals surface area (Å²) in [5.41, 5.74) is 2.02. The molecule has 3 heterocycles. The van der Waals surface area contributed by atoms with Crippen LogP contribution in [0.25, 0.3) is 22.5 Å². The molecular weight excluding hydrogens is 318 g/mol. The lowest BCUT2D eigenvalue weighted by Crippen LogP contribution is -2.44. The number of methoxy groups -OCH3 is 1. The summed E-state index contributed by atoms with van der Waals surface area (Å²) in [6.45, 7) is 4.96. The largest absolute Gasteiger partial charge is 0.497 e. The number of piperazine rings is 1. The van der Waals surface area contributed by atoms with E-state index >= 15 is 0 Å². The average Bonchev–Trinajstić information content (AvgIpc) is 3.21. The number of hydrogen-bond acceptors (Lipinski definition) is 6. The van der Waals surface area contributed by atoms with Crippen molar-refractivity contribution in [3.63, 3.8) is 0 Å². The summed E-state index contributed by atoms with van der Waals surface area (Å²) in [7, 11) is 5.83. The monoisotopic (exact) mass is 341 g/mol. The van der Waals surface area contributed by atoms with Crippen LogP contribution in [0.15, 0.2) is 28.8 Å². The van der Waals surface area contributed by atoms with Gasteiger partial charge in [0.1, 0.15) is 11.4 Å². The molecule has 132 valence electrons. The fraction of sp³-hybridized carbons (Fsp3) is 0.444. The van der Waals surface area contributed by atoms with Crippen molar-refractivity contribution in [2.45, 2.75) is 6.54 Å². The number of benzene rings is 1. The maximum Gasteiger partial charge on any atom is 0.274 e. The Morgan fingerprint density at radius 3 is 2.68 bits per heavy atom. The van der Waals surface area contributed by atoms with E-state index in [1.54, 1.807) is 7.11 Å². The van der Waals surface area contributed by atoms with E-state index in [0.717, 1.165) is 60.9 Å². The van der Waals surface area contributed by atoms with Gasteiger partial charge in [-0.25, -0.2) is 0 Å². The highest BCUT2D eigenvalue weighted by Crippen LogP contribution is 2.28. The van der Waals surface area contributed by atoms with Crippen LogP contribution in [0.1, 0.15) is 5.82 Å². The maximum absolute atomic E-state index is 5.53. The minimum absolute atomic E-state index is 0.557. The Hall–Kier alpha value is -2.38. The van der Waals surface area contributed by atoms with Crippen molar-refractivity contribution >= 4 is 10.9 Å². The number of fused-ring (bicyclic) bond motifs is 1. The molecule has 0 unspecified atom stereocenters. The highest BCUT2D eigenvalue weighted by atomic mass is 16.5. The molecule has 0 saturated carbocycles. The highest BCUT2D eigenvalue weighted by Gasteiger charge is 2.19. The Balaban J connectivity index is 1.57. The van der Waals surface area contributed by atoms with Gasteiger partial charge in [0.25, 0.3) is 5.89 Å². The molecular formula is C18H23N5O2. The first-order valence-electron chi connectivity index (χ1n) is 8.51. The lowest BCUT2D eigenvalue weighted by atomic mass is 10.2. The van der Waals surface area contributed by atoms with E-state index in [2.05, 4.69) is 37.6 Å². The van der Waals surface area contributed by atoms with Crippen LogP contribution < -0.4 is 4.74 Å². The van der Waals surface area contributed by atoms with Gasteiger partial charge in [-0.1, -0.05) is 5.16 Å². The van der Waals surface area contributed by atoms with Gasteiger partial charge in [-0.15, -0.1) is 0 Å². The average molecular weight is 341 g/mol. The predicted molar refractivity (Wildman–Crippen MR) is 95.5 cm³/mol. The van der Waals surface area contributed by atoms with Crippen molar-refractivity contribution in [2.24, 2.45) is 7.05 Å². The fourth-order valence-corrected chi connectivity index (χ4v) is 3.29. The molecule has 1 saturated heterocycles. The molecule has 0 atom stereocenters. The minimum Gasteiger partial charge on any atom is -0.497 e. The maximum atomic E-state index is 5.53. The van der Waals surface area contributed by atoms with E-state index in [9.17, 15) is 0 Å². The Morgan fingerprint density at radius 2 is 1.92 bits per heavy atom. The first-order valence-corrected chi connectivity index (χ1v) is 8.51. The summed E-state index contributed by atoms with van der Waals surface area (Å²) in [5.74, 6) is 2.13. The summed E-state index contributed by atoms with van der Waals surface area (Å²) in [4.78, 5) is 9.30. The summed E-state index contributed by atoms with van der Waals surface area (Å²) in [5, 5.41) is 5.26. The van der Waals surface area contributed by atoms with Gasteiger partial charge in [-0.2, -0.15) is 4.98 Å². The standard InChI is InChI=1S/C18H23N5O2/c1-21-6-8-23(9-7-21)12-17-19-18(25-20-17)16-11-13-10-14(24-3)4-5-15(13)22(16)2/h4-5,10-11H,6-9,12H2,1-3H3. The molecule has 0 N–H and O–H groups in total. The second-order valence-corrected chi connectivity index (χ2v) is 6.61. The number of ether oxygens (including phenoxy) is 1.